The van der Waals surface area contributed by atoms with Gasteiger partial charge < -0.3 is 33.8 Å². The summed E-state index contributed by atoms with van der Waals surface area (Å²) in [6.07, 6.45) is 62.4. The molecule has 0 radical (unpaired) electrons. The minimum Gasteiger partial charge on any atom is -0.462 e. The van der Waals surface area contributed by atoms with Crippen molar-refractivity contribution in [2.45, 2.75) is 438 Å². The molecule has 3 N–H and O–H groups in total. The molecule has 19 heteroatoms. The first-order chi connectivity index (χ1) is 47.6. The molecule has 0 aliphatic rings. The highest BCUT2D eigenvalue weighted by Gasteiger charge is 2.30. The van der Waals surface area contributed by atoms with Crippen molar-refractivity contribution in [3.8, 4) is 0 Å². The van der Waals surface area contributed by atoms with Gasteiger partial charge in [0.15, 0.2) is 12.2 Å². The zero-order valence-electron chi connectivity index (χ0n) is 63.9. The average Bonchev–Trinajstić information content (AvgIpc) is 0.986. The fraction of sp³-hybridized carbons (Fsp3) is 0.949. The van der Waals surface area contributed by atoms with Gasteiger partial charge in [0.1, 0.15) is 19.3 Å². The molecule has 0 amide bonds. The van der Waals surface area contributed by atoms with E-state index in [1.165, 1.54) is 238 Å². The van der Waals surface area contributed by atoms with Gasteiger partial charge in [-0.3, -0.25) is 37.3 Å². The quantitative estimate of drug-likeness (QED) is 0.0222. The molecular formula is C79H154O17P2. The monoisotopic (exact) mass is 1440 g/mol. The Morgan fingerprint density at radius 3 is 0.724 bits per heavy atom. The van der Waals surface area contributed by atoms with Crippen molar-refractivity contribution in [2.75, 3.05) is 39.6 Å². The van der Waals surface area contributed by atoms with Crippen molar-refractivity contribution < 1.29 is 80.2 Å². The maximum absolute atomic E-state index is 13.1. The third-order valence-corrected chi connectivity index (χ3v) is 20.8. The van der Waals surface area contributed by atoms with E-state index in [1.54, 1.807) is 0 Å². The Balaban J connectivity index is 5.20. The number of rotatable bonds is 79. The summed E-state index contributed by atoms with van der Waals surface area (Å²) in [6.45, 7) is 7.35. The van der Waals surface area contributed by atoms with Gasteiger partial charge in [-0.05, 0) is 31.6 Å². The number of aliphatic hydroxyl groups is 1. The molecule has 17 nitrogen and oxygen atoms in total. The highest BCUT2D eigenvalue weighted by molar-refractivity contribution is 7.47. The second-order valence-electron chi connectivity index (χ2n) is 28.7. The maximum Gasteiger partial charge on any atom is 0.472 e. The molecule has 0 spiro atoms. The summed E-state index contributed by atoms with van der Waals surface area (Å²) in [5, 5.41) is 10.6. The summed E-state index contributed by atoms with van der Waals surface area (Å²) < 4.78 is 68.6. The van der Waals surface area contributed by atoms with E-state index in [9.17, 15) is 43.2 Å². The average molecular weight is 1440 g/mol. The standard InChI is InChI=1S/C79H154O17P2/c1-6-10-13-16-19-22-24-26-27-28-29-30-31-37-41-45-50-55-60-65-79(84)96-75(69-90-77(82)63-58-53-48-43-39-36-33-32-35-38-42-46-51-56-61-72(5)9-4)71-94-98(87,88)92-67-73(80)66-91-97(85,86)93-70-74(68-89-76(81)62-57-52-47-21-18-15-12-8-3)95-78(83)64-59-54-49-44-40-34-25-23-20-17-14-11-7-2/h72-75,80H,6-71H2,1-5H3,(H,85,86)(H,87,88)/t72?,73-,74+,75+/m0/s1. The van der Waals surface area contributed by atoms with E-state index in [2.05, 4.69) is 34.6 Å². The molecule has 0 saturated carbocycles. The van der Waals surface area contributed by atoms with Crippen LogP contribution in [0.25, 0.3) is 0 Å². The zero-order valence-corrected chi connectivity index (χ0v) is 65.7. The maximum atomic E-state index is 13.1. The summed E-state index contributed by atoms with van der Waals surface area (Å²) >= 11 is 0. The third kappa shape index (κ3) is 71.1. The third-order valence-electron chi connectivity index (χ3n) is 18.9. The second-order valence-corrected chi connectivity index (χ2v) is 31.6. The lowest BCUT2D eigenvalue weighted by Gasteiger charge is -2.21. The first-order valence-corrected chi connectivity index (χ1v) is 44.2. The Bertz CT molecular complexity index is 1880. The number of phosphoric acid groups is 2. The Hall–Kier alpha value is -1.94. The highest BCUT2D eigenvalue weighted by atomic mass is 31.2. The van der Waals surface area contributed by atoms with E-state index in [0.29, 0.717) is 25.7 Å². The molecule has 0 rings (SSSR count). The number of phosphoric ester groups is 2. The fourth-order valence-corrected chi connectivity index (χ4v) is 13.8. The SMILES string of the molecule is CCCCCCCCCCCCCCCCCCCCCC(=O)O[C@H](COC(=O)CCCCCCCCCCCCCCCCC(C)CC)COP(=O)(O)OC[C@@H](O)COP(=O)(O)OC[C@@H](COC(=O)CCCCCCCCCC)OC(=O)CCCCCCCCCCCCCCC. The molecule has 0 aromatic carbocycles. The van der Waals surface area contributed by atoms with Gasteiger partial charge in [0.2, 0.25) is 0 Å². The summed E-state index contributed by atoms with van der Waals surface area (Å²) in [5.74, 6) is -1.26. The van der Waals surface area contributed by atoms with Gasteiger partial charge in [-0.15, -0.1) is 0 Å². The van der Waals surface area contributed by atoms with E-state index in [4.69, 9.17) is 37.0 Å². The van der Waals surface area contributed by atoms with E-state index >= 15 is 0 Å². The Kier molecular flexibility index (Phi) is 70.6. The molecule has 0 fully saturated rings. The minimum absolute atomic E-state index is 0.108. The summed E-state index contributed by atoms with van der Waals surface area (Å²) in [5.41, 5.74) is 0. The highest BCUT2D eigenvalue weighted by Crippen LogP contribution is 2.45. The van der Waals surface area contributed by atoms with Crippen molar-refractivity contribution in [3.63, 3.8) is 0 Å². The van der Waals surface area contributed by atoms with Crippen LogP contribution in [-0.4, -0.2) is 96.7 Å². The number of ether oxygens (including phenoxy) is 4. The van der Waals surface area contributed by atoms with Crippen LogP contribution in [0.3, 0.4) is 0 Å². The van der Waals surface area contributed by atoms with Crippen LogP contribution in [0, 0.1) is 5.92 Å². The largest absolute Gasteiger partial charge is 0.472 e. The lowest BCUT2D eigenvalue weighted by Crippen LogP contribution is -2.30. The van der Waals surface area contributed by atoms with Gasteiger partial charge >= 0.3 is 39.5 Å². The van der Waals surface area contributed by atoms with Gasteiger partial charge in [-0.2, -0.15) is 0 Å². The van der Waals surface area contributed by atoms with Crippen molar-refractivity contribution in [2.24, 2.45) is 5.92 Å². The van der Waals surface area contributed by atoms with Crippen LogP contribution in [0.1, 0.15) is 420 Å². The van der Waals surface area contributed by atoms with Gasteiger partial charge in [-0.25, -0.2) is 9.13 Å². The van der Waals surface area contributed by atoms with Crippen LogP contribution in [0.15, 0.2) is 0 Å². The van der Waals surface area contributed by atoms with E-state index in [-0.39, 0.29) is 25.7 Å². The Morgan fingerprint density at radius 1 is 0.286 bits per heavy atom. The van der Waals surface area contributed by atoms with Crippen molar-refractivity contribution in [1.82, 2.24) is 0 Å². The molecule has 3 unspecified atom stereocenters. The van der Waals surface area contributed by atoms with Crippen molar-refractivity contribution >= 4 is 39.5 Å². The lowest BCUT2D eigenvalue weighted by molar-refractivity contribution is -0.161. The molecule has 0 aliphatic heterocycles. The molecule has 0 aromatic rings. The van der Waals surface area contributed by atoms with Crippen LogP contribution in [0.4, 0.5) is 0 Å². The van der Waals surface area contributed by atoms with Crippen LogP contribution in [0.5, 0.6) is 0 Å². The second kappa shape index (κ2) is 72.0. The smallest absolute Gasteiger partial charge is 0.462 e. The molecule has 0 aliphatic carbocycles. The van der Waals surface area contributed by atoms with E-state index < -0.39 is 97.5 Å². The Morgan fingerprint density at radius 2 is 0.490 bits per heavy atom. The zero-order chi connectivity index (χ0) is 71.9. The number of carbonyl (C=O) groups is 4. The predicted octanol–water partition coefficient (Wildman–Crippen LogP) is 23.6. The van der Waals surface area contributed by atoms with Crippen molar-refractivity contribution in [3.05, 3.63) is 0 Å². The molecule has 6 atom stereocenters. The van der Waals surface area contributed by atoms with Crippen molar-refractivity contribution in [1.29, 1.82) is 0 Å². The number of aliphatic hydroxyl groups excluding tert-OH is 1. The van der Waals surface area contributed by atoms with Crippen LogP contribution in [-0.2, 0) is 65.4 Å². The fourth-order valence-electron chi connectivity index (χ4n) is 12.2. The van der Waals surface area contributed by atoms with Gasteiger partial charge in [0.25, 0.3) is 0 Å². The number of hydrogen-bond acceptors (Lipinski definition) is 15. The minimum atomic E-state index is -4.96. The molecule has 0 saturated heterocycles. The van der Waals surface area contributed by atoms with Gasteiger partial charge in [0.05, 0.1) is 26.4 Å². The molecule has 0 heterocycles. The van der Waals surface area contributed by atoms with E-state index in [1.807, 2.05) is 0 Å². The predicted molar refractivity (Wildman–Crippen MR) is 400 cm³/mol. The Labute approximate surface area is 600 Å². The van der Waals surface area contributed by atoms with Gasteiger partial charge in [-0.1, -0.05) is 369 Å². The number of unbranched alkanes of at least 4 members (excludes halogenated alkanes) is 50. The molecule has 582 valence electrons. The normalized spacial score (nSPS) is 14.2. The number of hydrogen-bond donors (Lipinski definition) is 3. The first kappa shape index (κ1) is 96.1. The van der Waals surface area contributed by atoms with Crippen LogP contribution in [0.2, 0.25) is 0 Å². The molecule has 0 aromatic heterocycles. The topological polar surface area (TPSA) is 237 Å². The van der Waals surface area contributed by atoms with Gasteiger partial charge in [0, 0.05) is 25.7 Å². The number of esters is 4. The summed E-state index contributed by atoms with van der Waals surface area (Å²) in [6, 6.07) is 0. The molecular weight excluding hydrogens is 1280 g/mol. The molecule has 98 heavy (non-hydrogen) atoms. The summed E-state index contributed by atoms with van der Waals surface area (Å²) in [7, 11) is -9.91. The van der Waals surface area contributed by atoms with Crippen LogP contribution < -0.4 is 0 Å². The van der Waals surface area contributed by atoms with Crippen LogP contribution >= 0.6 is 15.6 Å². The molecule has 0 bridgehead atoms. The lowest BCUT2D eigenvalue weighted by atomic mass is 9.99. The summed E-state index contributed by atoms with van der Waals surface area (Å²) in [4.78, 5) is 72.8. The number of carbonyl (C=O) groups excluding carboxylic acids is 4. The van der Waals surface area contributed by atoms with E-state index in [0.717, 1.165) is 102 Å². The first-order valence-electron chi connectivity index (χ1n) is 41.2.